The molecule has 0 spiro atoms. The molecule has 2 heterocycles. The van der Waals surface area contributed by atoms with Crippen LogP contribution in [0.3, 0.4) is 0 Å². The maximum absolute atomic E-state index is 12.8. The van der Waals surface area contributed by atoms with Gasteiger partial charge in [0.05, 0.1) is 22.6 Å². The number of benzene rings is 2. The number of aromatic nitrogens is 1. The number of thioether (sulfide) groups is 1. The van der Waals surface area contributed by atoms with E-state index in [0.29, 0.717) is 19.6 Å². The zero-order valence-corrected chi connectivity index (χ0v) is 17.5. The maximum Gasteiger partial charge on any atom is 0.326 e. The molecule has 8 heteroatoms. The lowest BCUT2D eigenvalue weighted by molar-refractivity contribution is -0.150. The molecule has 6 nitrogen and oxygen atoms in total. The van der Waals surface area contributed by atoms with Crippen molar-refractivity contribution < 1.29 is 19.4 Å². The van der Waals surface area contributed by atoms with Crippen LogP contribution in [0.2, 0.25) is 0 Å². The quantitative estimate of drug-likeness (QED) is 0.601. The topological polar surface area (TPSA) is 79.7 Å². The molecule has 3 aromatic rings. The van der Waals surface area contributed by atoms with Crippen LogP contribution in [-0.4, -0.2) is 45.3 Å². The molecular weight excluding hydrogens is 408 g/mol. The number of carboxylic acid groups (broad SMARTS) is 1. The monoisotopic (exact) mass is 428 g/mol. The summed E-state index contributed by atoms with van der Waals surface area (Å²) in [7, 11) is 0. The fourth-order valence-corrected chi connectivity index (χ4v) is 5.40. The van der Waals surface area contributed by atoms with Crippen molar-refractivity contribution >= 4 is 45.2 Å². The first-order chi connectivity index (χ1) is 14.0. The fraction of sp³-hybridized carbons (Fsp3) is 0.286. The van der Waals surface area contributed by atoms with Gasteiger partial charge in [-0.1, -0.05) is 36.0 Å². The summed E-state index contributed by atoms with van der Waals surface area (Å²) in [5, 5.41) is 9.61. The number of carboxylic acids is 1. The highest BCUT2D eigenvalue weighted by Crippen LogP contribution is 2.32. The lowest BCUT2D eigenvalue weighted by Crippen LogP contribution is -2.49. The van der Waals surface area contributed by atoms with Gasteiger partial charge in [0.2, 0.25) is 5.91 Å². The van der Waals surface area contributed by atoms with E-state index in [9.17, 15) is 14.7 Å². The number of hydrogen-bond acceptors (Lipinski definition) is 6. The number of thiazole rings is 1. The Morgan fingerprint density at radius 3 is 2.83 bits per heavy atom. The number of carbonyl (C=O) groups excluding carboxylic acids is 1. The van der Waals surface area contributed by atoms with Gasteiger partial charge < -0.3 is 14.7 Å². The summed E-state index contributed by atoms with van der Waals surface area (Å²) >= 11 is 2.85. The Morgan fingerprint density at radius 1 is 1.28 bits per heavy atom. The number of nitrogens with zero attached hydrogens (tertiary/aromatic N) is 2. The van der Waals surface area contributed by atoms with Gasteiger partial charge in [0.25, 0.3) is 0 Å². The van der Waals surface area contributed by atoms with Crippen molar-refractivity contribution in [2.75, 3.05) is 12.4 Å². The molecule has 1 aliphatic heterocycles. The number of aliphatic carboxylic acids is 1. The Labute approximate surface area is 176 Å². The molecule has 1 aliphatic rings. The summed E-state index contributed by atoms with van der Waals surface area (Å²) in [5.41, 5.74) is 2.86. The fourth-order valence-electron chi connectivity index (χ4n) is 3.41. The second-order valence-electron chi connectivity index (χ2n) is 6.68. The van der Waals surface area contributed by atoms with Crippen LogP contribution in [0.1, 0.15) is 18.1 Å². The van der Waals surface area contributed by atoms with E-state index in [1.165, 1.54) is 28.0 Å². The number of carbonyl (C=O) groups is 2. The molecule has 1 unspecified atom stereocenters. The third-order valence-corrected chi connectivity index (χ3v) is 6.97. The smallest absolute Gasteiger partial charge is 0.326 e. The molecule has 0 fully saturated rings. The summed E-state index contributed by atoms with van der Waals surface area (Å²) in [6.45, 7) is 2.86. The normalized spacial score (nSPS) is 15.9. The van der Waals surface area contributed by atoms with Gasteiger partial charge in [-0.15, -0.1) is 11.3 Å². The average molecular weight is 429 g/mol. The highest BCUT2D eigenvalue weighted by atomic mass is 32.2. The van der Waals surface area contributed by atoms with Crippen LogP contribution in [0.5, 0.6) is 5.75 Å². The molecule has 0 saturated heterocycles. The van der Waals surface area contributed by atoms with Gasteiger partial charge in [-0.3, -0.25) is 4.79 Å². The van der Waals surface area contributed by atoms with Crippen molar-refractivity contribution in [3.05, 3.63) is 53.6 Å². The summed E-state index contributed by atoms with van der Waals surface area (Å²) < 4.78 is 7.30. The molecule has 0 radical (unpaired) electrons. The van der Waals surface area contributed by atoms with Crippen LogP contribution < -0.4 is 4.74 Å². The Balaban J connectivity index is 1.47. The Kier molecular flexibility index (Phi) is 5.73. The van der Waals surface area contributed by atoms with E-state index in [1.807, 2.05) is 49.4 Å². The minimum atomic E-state index is -0.971. The zero-order chi connectivity index (χ0) is 20.4. The van der Waals surface area contributed by atoms with Crippen LogP contribution in [0.15, 0.2) is 46.8 Å². The second kappa shape index (κ2) is 8.42. The van der Waals surface area contributed by atoms with E-state index in [-0.39, 0.29) is 11.7 Å². The first-order valence-electron chi connectivity index (χ1n) is 9.30. The van der Waals surface area contributed by atoms with E-state index >= 15 is 0 Å². The summed E-state index contributed by atoms with van der Waals surface area (Å²) in [6, 6.07) is 12.6. The standard InChI is InChI=1S/C21H20N2O4S2/c1-2-27-15-7-8-16-18(10-15)29-21(22-16)28-12-19(24)23-11-14-6-4-3-5-13(14)9-17(23)20(25)26/h3-8,10,17H,2,9,11-12H2,1H3,(H,25,26). The van der Waals surface area contributed by atoms with Crippen molar-refractivity contribution in [3.63, 3.8) is 0 Å². The third kappa shape index (κ3) is 4.23. The summed E-state index contributed by atoms with van der Waals surface area (Å²) in [4.78, 5) is 30.6. The number of fused-ring (bicyclic) bond motifs is 2. The molecular formula is C21H20N2O4S2. The van der Waals surface area contributed by atoms with E-state index in [0.717, 1.165) is 31.4 Å². The number of ether oxygens (including phenoxy) is 1. The van der Waals surface area contributed by atoms with Crippen LogP contribution in [-0.2, 0) is 22.6 Å². The van der Waals surface area contributed by atoms with Crippen LogP contribution in [0, 0.1) is 0 Å². The minimum Gasteiger partial charge on any atom is -0.494 e. The molecule has 0 aliphatic carbocycles. The van der Waals surface area contributed by atoms with Gasteiger partial charge in [-0.2, -0.15) is 0 Å². The van der Waals surface area contributed by atoms with Crippen molar-refractivity contribution in [2.24, 2.45) is 0 Å². The average Bonchev–Trinajstić information content (AvgIpc) is 3.13. The molecule has 0 saturated carbocycles. The number of rotatable bonds is 6. The molecule has 2 aromatic carbocycles. The van der Waals surface area contributed by atoms with E-state index < -0.39 is 12.0 Å². The first kappa shape index (κ1) is 19.7. The minimum absolute atomic E-state index is 0.157. The van der Waals surface area contributed by atoms with Crippen molar-refractivity contribution in [1.82, 2.24) is 9.88 Å². The third-order valence-electron chi connectivity index (χ3n) is 4.82. The molecule has 1 aromatic heterocycles. The second-order valence-corrected chi connectivity index (χ2v) is 8.93. The van der Waals surface area contributed by atoms with Gasteiger partial charge in [0.1, 0.15) is 11.8 Å². The summed E-state index contributed by atoms with van der Waals surface area (Å²) in [6.07, 6.45) is 0.337. The molecule has 29 heavy (non-hydrogen) atoms. The largest absolute Gasteiger partial charge is 0.494 e. The zero-order valence-electron chi connectivity index (χ0n) is 15.8. The van der Waals surface area contributed by atoms with Crippen LogP contribution in [0.4, 0.5) is 0 Å². The molecule has 1 amide bonds. The molecule has 0 bridgehead atoms. The molecule has 1 atom stereocenters. The van der Waals surface area contributed by atoms with E-state index in [2.05, 4.69) is 4.98 Å². The Hall–Kier alpha value is -2.58. The summed E-state index contributed by atoms with van der Waals surface area (Å²) in [5.74, 6) is -0.204. The molecule has 1 N–H and O–H groups in total. The van der Waals surface area contributed by atoms with Gasteiger partial charge >= 0.3 is 5.97 Å². The SMILES string of the molecule is CCOc1ccc2nc(SCC(=O)N3Cc4ccccc4CC3C(=O)O)sc2c1. The first-order valence-corrected chi connectivity index (χ1v) is 11.1. The lowest BCUT2D eigenvalue weighted by Gasteiger charge is -2.34. The molecule has 150 valence electrons. The Bertz CT molecular complexity index is 1070. The van der Waals surface area contributed by atoms with Gasteiger partial charge in [-0.05, 0) is 36.2 Å². The predicted molar refractivity (Wildman–Crippen MR) is 114 cm³/mol. The predicted octanol–water partition coefficient (Wildman–Crippen LogP) is 3.83. The van der Waals surface area contributed by atoms with Crippen molar-refractivity contribution in [2.45, 2.75) is 30.3 Å². The number of hydrogen-bond donors (Lipinski definition) is 1. The van der Waals surface area contributed by atoms with Gasteiger partial charge in [-0.25, -0.2) is 9.78 Å². The number of amides is 1. The van der Waals surface area contributed by atoms with Gasteiger partial charge in [0, 0.05) is 13.0 Å². The highest BCUT2D eigenvalue weighted by Gasteiger charge is 2.34. The van der Waals surface area contributed by atoms with Crippen LogP contribution >= 0.6 is 23.1 Å². The van der Waals surface area contributed by atoms with E-state index in [4.69, 9.17) is 4.74 Å². The highest BCUT2D eigenvalue weighted by molar-refractivity contribution is 8.01. The van der Waals surface area contributed by atoms with Crippen molar-refractivity contribution in [3.8, 4) is 5.75 Å². The Morgan fingerprint density at radius 2 is 2.07 bits per heavy atom. The lowest BCUT2D eigenvalue weighted by atomic mass is 9.94. The van der Waals surface area contributed by atoms with Crippen molar-refractivity contribution in [1.29, 1.82) is 0 Å². The van der Waals surface area contributed by atoms with Crippen LogP contribution in [0.25, 0.3) is 10.2 Å². The van der Waals surface area contributed by atoms with E-state index in [1.54, 1.807) is 0 Å². The molecule has 4 rings (SSSR count). The van der Waals surface area contributed by atoms with Gasteiger partial charge in [0.15, 0.2) is 4.34 Å². The maximum atomic E-state index is 12.8.